The van der Waals surface area contributed by atoms with Crippen molar-refractivity contribution < 1.29 is 15.0 Å². The van der Waals surface area contributed by atoms with Gasteiger partial charge in [0.2, 0.25) is 0 Å². The fourth-order valence-electron chi connectivity index (χ4n) is 5.49. The zero-order chi connectivity index (χ0) is 28.9. The number of fused-ring (bicyclic) bond motifs is 1. The van der Waals surface area contributed by atoms with Crippen LogP contribution in [-0.2, 0) is 13.0 Å². The summed E-state index contributed by atoms with van der Waals surface area (Å²) < 4.78 is 2.12. The van der Waals surface area contributed by atoms with E-state index in [-0.39, 0.29) is 23.3 Å². The molecule has 0 saturated carbocycles. The van der Waals surface area contributed by atoms with Gasteiger partial charge in [-0.25, -0.2) is 0 Å². The number of nitrogens with zero attached hydrogens (tertiary/aromatic N) is 2. The van der Waals surface area contributed by atoms with E-state index in [1.165, 1.54) is 5.56 Å². The Kier molecular flexibility index (Phi) is 8.41. The molecule has 0 atom stereocenters. The van der Waals surface area contributed by atoms with Crippen LogP contribution in [0.15, 0.2) is 97.1 Å². The fourth-order valence-corrected chi connectivity index (χ4v) is 5.49. The second-order valence-electron chi connectivity index (χ2n) is 10.8. The summed E-state index contributed by atoms with van der Waals surface area (Å²) >= 11 is 0. The van der Waals surface area contributed by atoms with Crippen LogP contribution < -0.4 is 5.32 Å². The lowest BCUT2D eigenvalue weighted by molar-refractivity contribution is 0.101. The van der Waals surface area contributed by atoms with E-state index >= 15 is 0 Å². The number of carbonyl (C=O) groups excluding carboxylic acids is 1. The van der Waals surface area contributed by atoms with Gasteiger partial charge in [0.25, 0.3) is 5.91 Å². The summed E-state index contributed by atoms with van der Waals surface area (Å²) in [4.78, 5) is 16.4. The number of aromatic nitrogens is 1. The van der Waals surface area contributed by atoms with Gasteiger partial charge in [0.1, 0.15) is 17.2 Å². The number of hydrogen-bond donors (Lipinski definition) is 3. The van der Waals surface area contributed by atoms with Crippen LogP contribution in [0.1, 0.15) is 52.0 Å². The van der Waals surface area contributed by atoms with Crippen LogP contribution in [0.5, 0.6) is 11.5 Å². The Morgan fingerprint density at radius 1 is 0.829 bits per heavy atom. The molecule has 0 unspecified atom stereocenters. The van der Waals surface area contributed by atoms with Crippen molar-refractivity contribution in [3.63, 3.8) is 0 Å². The van der Waals surface area contributed by atoms with E-state index in [0.29, 0.717) is 12.2 Å². The van der Waals surface area contributed by atoms with E-state index in [4.69, 9.17) is 0 Å². The molecule has 0 radical (unpaired) electrons. The molecule has 0 saturated heterocycles. The van der Waals surface area contributed by atoms with E-state index < -0.39 is 0 Å². The minimum Gasteiger partial charge on any atom is -0.508 e. The van der Waals surface area contributed by atoms with Crippen LogP contribution in [0.3, 0.4) is 0 Å². The number of para-hydroxylation sites is 1. The molecule has 4 aromatic carbocycles. The number of aromatic hydroxyl groups is 2. The average molecular weight is 548 g/mol. The monoisotopic (exact) mass is 547 g/mol. The lowest BCUT2D eigenvalue weighted by atomic mass is 9.83. The molecule has 0 aliphatic rings. The van der Waals surface area contributed by atoms with Crippen molar-refractivity contribution in [3.05, 3.63) is 125 Å². The molecular formula is C35H37N3O3. The molecule has 6 nitrogen and oxygen atoms in total. The molecule has 3 N–H and O–H groups in total. The first kappa shape index (κ1) is 28.0. The minimum absolute atomic E-state index is 0.177. The van der Waals surface area contributed by atoms with Crippen LogP contribution in [0.25, 0.3) is 10.9 Å². The quantitative estimate of drug-likeness (QED) is 0.176. The first-order valence-corrected chi connectivity index (χ1v) is 14.1. The Hall–Kier alpha value is -4.55. The smallest absolute Gasteiger partial charge is 0.272 e. The summed E-state index contributed by atoms with van der Waals surface area (Å²) in [6.07, 6.45) is 2.06. The number of likely N-dealkylation sites (N-methyl/N-ethyl adjacent to an activating group) is 1. The molecule has 6 heteroatoms. The highest BCUT2D eigenvalue weighted by Crippen LogP contribution is 2.41. The zero-order valence-corrected chi connectivity index (χ0v) is 23.8. The number of rotatable bonds is 10. The third-order valence-electron chi connectivity index (χ3n) is 7.49. The van der Waals surface area contributed by atoms with E-state index in [1.54, 1.807) is 24.3 Å². The maximum absolute atomic E-state index is 14.3. The van der Waals surface area contributed by atoms with E-state index in [9.17, 15) is 15.0 Å². The van der Waals surface area contributed by atoms with Crippen molar-refractivity contribution in [3.8, 4) is 11.5 Å². The Morgan fingerprint density at radius 3 is 1.98 bits per heavy atom. The molecular weight excluding hydrogens is 510 g/mol. The lowest BCUT2D eigenvalue weighted by Gasteiger charge is -2.21. The summed E-state index contributed by atoms with van der Waals surface area (Å²) in [5.41, 5.74) is 6.31. The van der Waals surface area contributed by atoms with Crippen molar-refractivity contribution in [1.29, 1.82) is 0 Å². The summed E-state index contributed by atoms with van der Waals surface area (Å²) in [6.45, 7) is 3.54. The topological polar surface area (TPSA) is 77.7 Å². The number of phenols is 2. The largest absolute Gasteiger partial charge is 0.508 e. The standard InChI is InChI=1S/C35H37N3O3/c1-4-7-24-10-16-27(17-11-24)36-35(41)34-33(30-8-5-6-9-31(30)38(34)23-22-37(2)3)32(25-12-18-28(39)19-13-25)26-14-20-29(40)21-15-26/h5-6,8-21,32,39-40H,4,7,22-23H2,1-3H3,(H,36,41). The Balaban J connectivity index is 1.73. The molecule has 5 aromatic rings. The zero-order valence-electron chi connectivity index (χ0n) is 23.8. The van der Waals surface area contributed by atoms with Crippen molar-refractivity contribution >= 4 is 22.5 Å². The summed E-state index contributed by atoms with van der Waals surface area (Å²) in [5, 5.41) is 24.3. The summed E-state index contributed by atoms with van der Waals surface area (Å²) in [7, 11) is 4.06. The highest BCUT2D eigenvalue weighted by atomic mass is 16.3. The number of phenolic OH excluding ortho intramolecular Hbond substituents is 2. The number of nitrogens with one attached hydrogen (secondary N) is 1. The second-order valence-corrected chi connectivity index (χ2v) is 10.8. The normalized spacial score (nSPS) is 11.4. The fraction of sp³-hybridized carbons (Fsp3) is 0.229. The van der Waals surface area contributed by atoms with Crippen molar-refractivity contribution in [1.82, 2.24) is 9.47 Å². The molecule has 1 heterocycles. The maximum Gasteiger partial charge on any atom is 0.272 e. The lowest BCUT2D eigenvalue weighted by Crippen LogP contribution is -2.24. The SMILES string of the molecule is CCCc1ccc(NC(=O)c2c(C(c3ccc(O)cc3)c3ccc(O)cc3)c3ccccc3n2CCN(C)C)cc1. The molecule has 0 spiro atoms. The first-order chi connectivity index (χ1) is 19.9. The van der Waals surface area contributed by atoms with Gasteiger partial charge in [-0.2, -0.15) is 0 Å². The molecule has 210 valence electrons. The predicted octanol–water partition coefficient (Wildman–Crippen LogP) is 7.00. The van der Waals surface area contributed by atoms with Crippen molar-refractivity contribution in [2.45, 2.75) is 32.2 Å². The predicted molar refractivity (Wildman–Crippen MR) is 166 cm³/mol. The molecule has 0 aliphatic heterocycles. The van der Waals surface area contributed by atoms with Gasteiger partial charge in [0.15, 0.2) is 0 Å². The summed E-state index contributed by atoms with van der Waals surface area (Å²) in [6, 6.07) is 30.5. The van der Waals surface area contributed by atoms with Crippen LogP contribution in [0, 0.1) is 0 Å². The molecule has 1 amide bonds. The van der Waals surface area contributed by atoms with Gasteiger partial charge >= 0.3 is 0 Å². The minimum atomic E-state index is -0.325. The molecule has 41 heavy (non-hydrogen) atoms. The molecule has 0 aliphatic carbocycles. The van der Waals surface area contributed by atoms with E-state index in [2.05, 4.69) is 46.0 Å². The van der Waals surface area contributed by atoms with Crippen molar-refractivity contribution in [2.75, 3.05) is 26.0 Å². The number of amides is 1. The van der Waals surface area contributed by atoms with Crippen LogP contribution in [0.2, 0.25) is 0 Å². The highest BCUT2D eigenvalue weighted by molar-refractivity contribution is 6.09. The van der Waals surface area contributed by atoms with E-state index in [0.717, 1.165) is 52.7 Å². The van der Waals surface area contributed by atoms with Crippen molar-refractivity contribution in [2.24, 2.45) is 0 Å². The molecule has 1 aromatic heterocycles. The van der Waals surface area contributed by atoms with Gasteiger partial charge in [-0.15, -0.1) is 0 Å². The second kappa shape index (κ2) is 12.3. The van der Waals surface area contributed by atoms with E-state index in [1.807, 2.05) is 62.6 Å². The van der Waals surface area contributed by atoms with Gasteiger partial charge in [0.05, 0.1) is 0 Å². The number of carbonyl (C=O) groups is 1. The van der Waals surface area contributed by atoms with Gasteiger partial charge in [-0.1, -0.05) is 67.9 Å². The molecule has 5 rings (SSSR count). The highest BCUT2D eigenvalue weighted by Gasteiger charge is 2.30. The Labute approximate surface area is 241 Å². The number of anilines is 1. The van der Waals surface area contributed by atoms with Crippen LogP contribution >= 0.6 is 0 Å². The van der Waals surface area contributed by atoms with Gasteiger partial charge in [0, 0.05) is 41.2 Å². The Bertz CT molecular complexity index is 1570. The number of benzene rings is 4. The molecule has 0 bridgehead atoms. The van der Waals surface area contributed by atoms with Crippen LogP contribution in [-0.4, -0.2) is 46.2 Å². The van der Waals surface area contributed by atoms with Gasteiger partial charge in [-0.05, 0) is 79.7 Å². The van der Waals surface area contributed by atoms with Crippen LogP contribution in [0.4, 0.5) is 5.69 Å². The summed E-state index contributed by atoms with van der Waals surface area (Å²) in [5.74, 6) is -0.151. The average Bonchev–Trinajstić information content (AvgIpc) is 3.29. The maximum atomic E-state index is 14.3. The Morgan fingerprint density at radius 2 is 1.41 bits per heavy atom. The van der Waals surface area contributed by atoms with Gasteiger partial charge < -0.3 is 25.0 Å². The first-order valence-electron chi connectivity index (χ1n) is 14.1. The number of aryl methyl sites for hydroxylation is 1. The third-order valence-corrected chi connectivity index (χ3v) is 7.49. The van der Waals surface area contributed by atoms with Gasteiger partial charge in [-0.3, -0.25) is 4.79 Å². The molecule has 0 fully saturated rings. The number of hydrogen-bond acceptors (Lipinski definition) is 4. The third kappa shape index (κ3) is 6.13.